The molecular weight excluding hydrogens is 260 g/mol. The fraction of sp³-hybridized carbons (Fsp3) is 0.857. The molecule has 2 N–H and O–H groups in total. The molecule has 6 nitrogen and oxygen atoms in total. The molecule has 6 heteroatoms. The molecule has 0 aliphatic heterocycles. The van der Waals surface area contributed by atoms with Gasteiger partial charge in [0.2, 0.25) is 0 Å². The standard InChI is InChI=1S/C12H24N2O4.C2H6/c1-3-5-13(9-11(15)16)7-8-14(6-4-2)10-12(17)18;1-2/h3-10H2,1-2H3,(H,15,16)(H,17,18);1-2H3. The van der Waals surface area contributed by atoms with Gasteiger partial charge in [0.1, 0.15) is 0 Å². The van der Waals surface area contributed by atoms with E-state index in [4.69, 9.17) is 10.2 Å². The Kier molecular flexibility index (Phi) is 15.1. The van der Waals surface area contributed by atoms with Crippen LogP contribution < -0.4 is 0 Å². The molecule has 0 saturated carbocycles. The summed E-state index contributed by atoms with van der Waals surface area (Å²) >= 11 is 0. The molecule has 0 aromatic rings. The zero-order valence-electron chi connectivity index (χ0n) is 13.3. The third-order valence-corrected chi connectivity index (χ3v) is 2.53. The van der Waals surface area contributed by atoms with Gasteiger partial charge >= 0.3 is 11.9 Å². The van der Waals surface area contributed by atoms with Gasteiger partial charge in [-0.25, -0.2) is 0 Å². The average Bonchev–Trinajstić information content (AvgIpc) is 2.37. The number of carboxylic acids is 2. The predicted molar refractivity (Wildman–Crippen MR) is 80.1 cm³/mol. The highest BCUT2D eigenvalue weighted by molar-refractivity contribution is 5.69. The predicted octanol–water partition coefficient (Wildman–Crippen LogP) is 1.61. The van der Waals surface area contributed by atoms with Crippen LogP contribution in [0.3, 0.4) is 0 Å². The van der Waals surface area contributed by atoms with Gasteiger partial charge in [0.05, 0.1) is 13.1 Å². The van der Waals surface area contributed by atoms with Crippen LogP contribution in [0.15, 0.2) is 0 Å². The SMILES string of the molecule is CC.CCCN(CCN(CCC)CC(=O)O)CC(=O)O. The van der Waals surface area contributed by atoms with E-state index in [1.165, 1.54) is 0 Å². The van der Waals surface area contributed by atoms with Crippen molar-refractivity contribution in [2.24, 2.45) is 0 Å². The minimum absolute atomic E-state index is 0.0148. The van der Waals surface area contributed by atoms with E-state index in [1.54, 1.807) is 0 Å². The molecule has 0 unspecified atom stereocenters. The van der Waals surface area contributed by atoms with Crippen LogP contribution in [0.4, 0.5) is 0 Å². The normalized spacial score (nSPS) is 10.3. The van der Waals surface area contributed by atoms with Crippen LogP contribution >= 0.6 is 0 Å². The van der Waals surface area contributed by atoms with Crippen LogP contribution in [0.5, 0.6) is 0 Å². The van der Waals surface area contributed by atoms with Gasteiger partial charge < -0.3 is 10.2 Å². The van der Waals surface area contributed by atoms with Crippen molar-refractivity contribution in [2.75, 3.05) is 39.3 Å². The minimum Gasteiger partial charge on any atom is -0.480 e. The highest BCUT2D eigenvalue weighted by atomic mass is 16.4. The first-order chi connectivity index (χ1) is 9.49. The molecule has 0 spiro atoms. The summed E-state index contributed by atoms with van der Waals surface area (Å²) in [6.07, 6.45) is 1.78. The number of nitrogens with zero attached hydrogens (tertiary/aromatic N) is 2. The molecule has 0 aliphatic rings. The molecule has 0 bridgehead atoms. The van der Waals surface area contributed by atoms with E-state index < -0.39 is 11.9 Å². The monoisotopic (exact) mass is 290 g/mol. The first-order valence-electron chi connectivity index (χ1n) is 7.37. The van der Waals surface area contributed by atoms with Crippen LogP contribution in [0.1, 0.15) is 40.5 Å². The summed E-state index contributed by atoms with van der Waals surface area (Å²) in [5.41, 5.74) is 0. The van der Waals surface area contributed by atoms with E-state index in [1.807, 2.05) is 37.5 Å². The Morgan fingerprint density at radius 1 is 0.750 bits per heavy atom. The van der Waals surface area contributed by atoms with Crippen molar-refractivity contribution in [3.63, 3.8) is 0 Å². The lowest BCUT2D eigenvalue weighted by atomic mass is 10.3. The first kappa shape index (κ1) is 21.2. The van der Waals surface area contributed by atoms with Gasteiger partial charge in [-0.3, -0.25) is 19.4 Å². The van der Waals surface area contributed by atoms with Crippen molar-refractivity contribution in [2.45, 2.75) is 40.5 Å². The zero-order valence-corrected chi connectivity index (χ0v) is 13.3. The van der Waals surface area contributed by atoms with E-state index in [0.29, 0.717) is 13.1 Å². The number of rotatable bonds is 11. The number of carboxylic acid groups (broad SMARTS) is 2. The van der Waals surface area contributed by atoms with Crippen LogP contribution in [0.25, 0.3) is 0 Å². The zero-order chi connectivity index (χ0) is 16.0. The molecule has 20 heavy (non-hydrogen) atoms. The van der Waals surface area contributed by atoms with Crippen LogP contribution in [-0.2, 0) is 9.59 Å². The number of hydrogen-bond donors (Lipinski definition) is 2. The van der Waals surface area contributed by atoms with E-state index in [0.717, 1.165) is 25.9 Å². The summed E-state index contributed by atoms with van der Waals surface area (Å²) in [7, 11) is 0. The van der Waals surface area contributed by atoms with Gasteiger partial charge in [0, 0.05) is 13.1 Å². The Balaban J connectivity index is 0. The van der Waals surface area contributed by atoms with Gasteiger partial charge in [-0.1, -0.05) is 27.7 Å². The maximum Gasteiger partial charge on any atom is 0.317 e. The van der Waals surface area contributed by atoms with Crippen LogP contribution in [0, 0.1) is 0 Å². The maximum absolute atomic E-state index is 10.7. The van der Waals surface area contributed by atoms with Crippen molar-refractivity contribution in [1.29, 1.82) is 0 Å². The second-order valence-corrected chi connectivity index (χ2v) is 4.34. The fourth-order valence-electron chi connectivity index (χ4n) is 1.84. The van der Waals surface area contributed by atoms with Crippen molar-refractivity contribution in [1.82, 2.24) is 9.80 Å². The van der Waals surface area contributed by atoms with Gasteiger partial charge in [-0.05, 0) is 25.9 Å². The third-order valence-electron chi connectivity index (χ3n) is 2.53. The Bertz CT molecular complexity index is 234. The molecule has 0 aromatic heterocycles. The second-order valence-electron chi connectivity index (χ2n) is 4.34. The Morgan fingerprint density at radius 3 is 1.25 bits per heavy atom. The number of carbonyl (C=O) groups is 2. The van der Waals surface area contributed by atoms with Crippen molar-refractivity contribution in [3.05, 3.63) is 0 Å². The Morgan fingerprint density at radius 2 is 1.05 bits per heavy atom. The minimum atomic E-state index is -0.844. The Hall–Kier alpha value is -1.14. The molecule has 0 atom stereocenters. The van der Waals surface area contributed by atoms with E-state index in [2.05, 4.69) is 0 Å². The number of hydrogen-bond acceptors (Lipinski definition) is 4. The second kappa shape index (κ2) is 14.3. The van der Waals surface area contributed by atoms with Gasteiger partial charge in [-0.15, -0.1) is 0 Å². The molecule has 0 heterocycles. The highest BCUT2D eigenvalue weighted by Crippen LogP contribution is 1.96. The van der Waals surface area contributed by atoms with E-state index >= 15 is 0 Å². The molecular formula is C14H30N2O4. The summed E-state index contributed by atoms with van der Waals surface area (Å²) in [4.78, 5) is 25.0. The average molecular weight is 290 g/mol. The summed E-state index contributed by atoms with van der Waals surface area (Å²) < 4.78 is 0. The molecule has 0 radical (unpaired) electrons. The van der Waals surface area contributed by atoms with Gasteiger partial charge in [0.15, 0.2) is 0 Å². The molecule has 0 amide bonds. The molecule has 0 aromatic carbocycles. The lowest BCUT2D eigenvalue weighted by Gasteiger charge is -2.25. The quantitative estimate of drug-likeness (QED) is 0.601. The molecule has 0 fully saturated rings. The number of aliphatic carboxylic acids is 2. The summed E-state index contributed by atoms with van der Waals surface area (Å²) in [6, 6.07) is 0. The molecule has 120 valence electrons. The molecule has 0 aliphatic carbocycles. The highest BCUT2D eigenvalue weighted by Gasteiger charge is 2.13. The summed E-state index contributed by atoms with van der Waals surface area (Å²) in [5.74, 6) is -1.69. The van der Waals surface area contributed by atoms with E-state index in [9.17, 15) is 9.59 Å². The van der Waals surface area contributed by atoms with Crippen LogP contribution in [-0.4, -0.2) is 71.2 Å². The largest absolute Gasteiger partial charge is 0.480 e. The van der Waals surface area contributed by atoms with Crippen molar-refractivity contribution in [3.8, 4) is 0 Å². The molecule has 0 rings (SSSR count). The smallest absolute Gasteiger partial charge is 0.317 e. The fourth-order valence-corrected chi connectivity index (χ4v) is 1.84. The van der Waals surface area contributed by atoms with Crippen LogP contribution in [0.2, 0.25) is 0 Å². The Labute approximate surface area is 122 Å². The summed E-state index contributed by atoms with van der Waals surface area (Å²) in [5, 5.41) is 17.6. The lowest BCUT2D eigenvalue weighted by Crippen LogP contribution is -2.40. The summed E-state index contributed by atoms with van der Waals surface area (Å²) in [6.45, 7) is 10.6. The van der Waals surface area contributed by atoms with Crippen molar-refractivity contribution >= 4 is 11.9 Å². The van der Waals surface area contributed by atoms with E-state index in [-0.39, 0.29) is 13.1 Å². The lowest BCUT2D eigenvalue weighted by molar-refractivity contribution is -0.140. The third kappa shape index (κ3) is 13.3. The van der Waals surface area contributed by atoms with Crippen molar-refractivity contribution < 1.29 is 19.8 Å². The van der Waals surface area contributed by atoms with Gasteiger partial charge in [0.25, 0.3) is 0 Å². The van der Waals surface area contributed by atoms with Gasteiger partial charge in [-0.2, -0.15) is 0 Å². The first-order valence-corrected chi connectivity index (χ1v) is 7.37. The molecule has 0 saturated heterocycles. The topological polar surface area (TPSA) is 81.1 Å². The maximum atomic E-state index is 10.7.